The summed E-state index contributed by atoms with van der Waals surface area (Å²) in [7, 11) is 0. The maximum atomic E-state index is 13.1. The SMILES string of the molecule is CCOc1ccc(NC(=O)c2sc(N3CCOCC3)nc2-c2ccccc2)cc1. The van der Waals surface area contributed by atoms with E-state index < -0.39 is 0 Å². The summed E-state index contributed by atoms with van der Waals surface area (Å²) in [5.74, 6) is 0.618. The first-order valence-corrected chi connectivity index (χ1v) is 10.5. The third kappa shape index (κ3) is 4.58. The van der Waals surface area contributed by atoms with Crippen molar-refractivity contribution in [2.24, 2.45) is 0 Å². The van der Waals surface area contributed by atoms with E-state index in [0.29, 0.717) is 30.4 Å². The molecule has 1 amide bonds. The molecule has 0 bridgehead atoms. The van der Waals surface area contributed by atoms with Crippen molar-refractivity contribution in [2.45, 2.75) is 6.92 Å². The molecule has 1 aromatic heterocycles. The number of aromatic nitrogens is 1. The predicted octanol–water partition coefficient (Wildman–Crippen LogP) is 4.30. The van der Waals surface area contributed by atoms with E-state index in [0.717, 1.165) is 35.2 Å². The molecule has 1 aliphatic heterocycles. The van der Waals surface area contributed by atoms with Gasteiger partial charge in [-0.05, 0) is 31.2 Å². The Kier molecular flexibility index (Phi) is 6.07. The van der Waals surface area contributed by atoms with Crippen molar-refractivity contribution in [3.63, 3.8) is 0 Å². The van der Waals surface area contributed by atoms with Gasteiger partial charge in [0.1, 0.15) is 10.6 Å². The summed E-state index contributed by atoms with van der Waals surface area (Å²) in [4.78, 5) is 20.7. The lowest BCUT2D eigenvalue weighted by Gasteiger charge is -2.26. The Hall–Kier alpha value is -2.90. The van der Waals surface area contributed by atoms with E-state index in [9.17, 15) is 4.79 Å². The van der Waals surface area contributed by atoms with E-state index in [2.05, 4.69) is 10.2 Å². The van der Waals surface area contributed by atoms with Crippen molar-refractivity contribution >= 4 is 28.1 Å². The fraction of sp³-hybridized carbons (Fsp3) is 0.273. The van der Waals surface area contributed by atoms with Crippen molar-refractivity contribution in [3.8, 4) is 17.0 Å². The molecule has 0 atom stereocenters. The van der Waals surface area contributed by atoms with Crippen molar-refractivity contribution < 1.29 is 14.3 Å². The quantitative estimate of drug-likeness (QED) is 0.658. The number of amides is 1. The lowest BCUT2D eigenvalue weighted by molar-refractivity contribution is 0.103. The van der Waals surface area contributed by atoms with Crippen LogP contribution in [0.4, 0.5) is 10.8 Å². The number of anilines is 2. The Morgan fingerprint density at radius 3 is 2.55 bits per heavy atom. The number of thiazole rings is 1. The molecule has 150 valence electrons. The number of hydrogen-bond donors (Lipinski definition) is 1. The normalized spacial score (nSPS) is 13.9. The smallest absolute Gasteiger partial charge is 0.268 e. The van der Waals surface area contributed by atoms with Crippen LogP contribution in [0, 0.1) is 0 Å². The maximum absolute atomic E-state index is 13.1. The fourth-order valence-corrected chi connectivity index (χ4v) is 4.17. The third-order valence-electron chi connectivity index (χ3n) is 4.57. The monoisotopic (exact) mass is 409 g/mol. The van der Waals surface area contributed by atoms with E-state index in [1.54, 1.807) is 0 Å². The molecule has 2 heterocycles. The number of nitrogens with one attached hydrogen (secondary N) is 1. The van der Waals surface area contributed by atoms with Crippen LogP contribution in [-0.2, 0) is 4.74 Å². The summed E-state index contributed by atoms with van der Waals surface area (Å²) >= 11 is 1.42. The zero-order valence-corrected chi connectivity index (χ0v) is 17.1. The first-order chi connectivity index (χ1) is 14.2. The van der Waals surface area contributed by atoms with Gasteiger partial charge in [-0.1, -0.05) is 41.7 Å². The summed E-state index contributed by atoms with van der Waals surface area (Å²) in [5, 5.41) is 3.84. The largest absolute Gasteiger partial charge is 0.494 e. The molecule has 4 rings (SSSR count). The van der Waals surface area contributed by atoms with Crippen LogP contribution >= 0.6 is 11.3 Å². The molecule has 0 spiro atoms. The molecule has 2 aromatic carbocycles. The van der Waals surface area contributed by atoms with Gasteiger partial charge in [-0.2, -0.15) is 0 Å². The molecule has 0 unspecified atom stereocenters. The van der Waals surface area contributed by atoms with E-state index in [1.165, 1.54) is 11.3 Å². The number of benzene rings is 2. The van der Waals surface area contributed by atoms with Crippen LogP contribution in [0.1, 0.15) is 16.6 Å². The Bertz CT molecular complexity index is 951. The molecule has 6 nitrogen and oxygen atoms in total. The van der Waals surface area contributed by atoms with Gasteiger partial charge in [-0.3, -0.25) is 4.79 Å². The van der Waals surface area contributed by atoms with Gasteiger partial charge in [0.25, 0.3) is 5.91 Å². The van der Waals surface area contributed by atoms with E-state index >= 15 is 0 Å². The average Bonchev–Trinajstić information content (AvgIpc) is 3.22. The number of hydrogen-bond acceptors (Lipinski definition) is 6. The number of nitrogens with zero attached hydrogens (tertiary/aromatic N) is 2. The third-order valence-corrected chi connectivity index (χ3v) is 5.69. The lowest BCUT2D eigenvalue weighted by Crippen LogP contribution is -2.36. The predicted molar refractivity (Wildman–Crippen MR) is 116 cm³/mol. The van der Waals surface area contributed by atoms with Crippen LogP contribution in [0.5, 0.6) is 5.75 Å². The summed E-state index contributed by atoms with van der Waals surface area (Å²) in [5.41, 5.74) is 2.36. The van der Waals surface area contributed by atoms with Gasteiger partial charge in [-0.25, -0.2) is 4.98 Å². The van der Waals surface area contributed by atoms with Gasteiger partial charge in [-0.15, -0.1) is 0 Å². The number of morpholine rings is 1. The standard InChI is InChI=1S/C22H23N3O3S/c1-2-28-18-10-8-17(9-11-18)23-21(26)20-19(16-6-4-3-5-7-16)24-22(29-20)25-12-14-27-15-13-25/h3-11H,2,12-15H2,1H3,(H,23,26). The molecule has 1 N–H and O–H groups in total. The van der Waals surface area contributed by atoms with Crippen LogP contribution in [0.25, 0.3) is 11.3 Å². The highest BCUT2D eigenvalue weighted by molar-refractivity contribution is 7.18. The highest BCUT2D eigenvalue weighted by Gasteiger charge is 2.23. The second-order valence-corrected chi connectivity index (χ2v) is 7.53. The van der Waals surface area contributed by atoms with Gasteiger partial charge < -0.3 is 19.7 Å². The zero-order valence-electron chi connectivity index (χ0n) is 16.3. The lowest BCUT2D eigenvalue weighted by atomic mass is 10.1. The van der Waals surface area contributed by atoms with Crippen LogP contribution in [-0.4, -0.2) is 43.8 Å². The molecule has 29 heavy (non-hydrogen) atoms. The average molecular weight is 410 g/mol. The fourth-order valence-electron chi connectivity index (χ4n) is 3.13. The first-order valence-electron chi connectivity index (χ1n) is 9.67. The second kappa shape index (κ2) is 9.07. The van der Waals surface area contributed by atoms with Crippen LogP contribution in [0.15, 0.2) is 54.6 Å². The summed E-state index contributed by atoms with van der Waals surface area (Å²) in [6.07, 6.45) is 0. The van der Waals surface area contributed by atoms with Crippen LogP contribution in [0.2, 0.25) is 0 Å². The van der Waals surface area contributed by atoms with E-state index in [1.807, 2.05) is 61.5 Å². The number of rotatable bonds is 6. The highest BCUT2D eigenvalue weighted by atomic mass is 32.1. The second-order valence-electron chi connectivity index (χ2n) is 6.55. The Morgan fingerprint density at radius 1 is 1.14 bits per heavy atom. The molecule has 7 heteroatoms. The molecule has 1 aliphatic rings. The molecule has 0 aliphatic carbocycles. The van der Waals surface area contributed by atoms with Gasteiger partial charge in [0.05, 0.1) is 25.5 Å². The zero-order chi connectivity index (χ0) is 20.1. The molecule has 0 radical (unpaired) electrons. The summed E-state index contributed by atoms with van der Waals surface area (Å²) in [6.45, 7) is 5.46. The van der Waals surface area contributed by atoms with Gasteiger partial charge in [0.2, 0.25) is 0 Å². The first kappa shape index (κ1) is 19.4. The van der Waals surface area contributed by atoms with Gasteiger partial charge >= 0.3 is 0 Å². The number of carbonyl (C=O) groups is 1. The van der Waals surface area contributed by atoms with E-state index in [-0.39, 0.29) is 5.91 Å². The van der Waals surface area contributed by atoms with Crippen molar-refractivity contribution in [3.05, 3.63) is 59.5 Å². The van der Waals surface area contributed by atoms with Crippen LogP contribution in [0.3, 0.4) is 0 Å². The molecule has 1 fully saturated rings. The number of carbonyl (C=O) groups excluding carboxylic acids is 1. The van der Waals surface area contributed by atoms with Gasteiger partial charge in [0, 0.05) is 24.3 Å². The molecular weight excluding hydrogens is 386 g/mol. The topological polar surface area (TPSA) is 63.7 Å². The number of ether oxygens (including phenoxy) is 2. The maximum Gasteiger partial charge on any atom is 0.268 e. The van der Waals surface area contributed by atoms with Crippen molar-refractivity contribution in [2.75, 3.05) is 43.1 Å². The minimum Gasteiger partial charge on any atom is -0.494 e. The minimum atomic E-state index is -0.162. The molecule has 1 saturated heterocycles. The Labute approximate surface area is 174 Å². The Morgan fingerprint density at radius 2 is 1.86 bits per heavy atom. The van der Waals surface area contributed by atoms with E-state index in [4.69, 9.17) is 14.5 Å². The molecular formula is C22H23N3O3S. The van der Waals surface area contributed by atoms with Gasteiger partial charge in [0.15, 0.2) is 5.13 Å². The molecule has 3 aromatic rings. The minimum absolute atomic E-state index is 0.162. The molecule has 0 saturated carbocycles. The van der Waals surface area contributed by atoms with Crippen LogP contribution < -0.4 is 15.0 Å². The summed E-state index contributed by atoms with van der Waals surface area (Å²) < 4.78 is 10.9. The van der Waals surface area contributed by atoms with Crippen molar-refractivity contribution in [1.82, 2.24) is 4.98 Å². The highest BCUT2D eigenvalue weighted by Crippen LogP contribution is 2.34. The summed E-state index contributed by atoms with van der Waals surface area (Å²) in [6, 6.07) is 17.2. The van der Waals surface area contributed by atoms with Crippen molar-refractivity contribution in [1.29, 1.82) is 0 Å². The Balaban J connectivity index is 1.61.